The molecule has 1 aliphatic rings. The highest BCUT2D eigenvalue weighted by Crippen LogP contribution is 2.39. The molecule has 1 heterocycles. The minimum atomic E-state index is 0.483. The summed E-state index contributed by atoms with van der Waals surface area (Å²) in [5.41, 5.74) is 3.96. The molecule has 0 fully saturated rings. The number of nitrogens with zero attached hydrogens (tertiary/aromatic N) is 2. The molecule has 0 saturated heterocycles. The molecular weight excluding hydrogens is 380 g/mol. The first-order valence-electron chi connectivity index (χ1n) is 9.72. The van der Waals surface area contributed by atoms with Crippen LogP contribution in [0.25, 0.3) is 0 Å². The quantitative estimate of drug-likeness (QED) is 0.487. The van der Waals surface area contributed by atoms with E-state index in [9.17, 15) is 5.26 Å². The molecule has 4 rings (SSSR count). The molecule has 1 aromatic heterocycles. The number of benzene rings is 2. The molecule has 0 spiro atoms. The third-order valence-electron chi connectivity index (χ3n) is 5.02. The Morgan fingerprint density at radius 1 is 1.10 bits per heavy atom. The zero-order chi connectivity index (χ0) is 20.1. The maximum atomic E-state index is 9.58. The van der Waals surface area contributed by atoms with E-state index < -0.39 is 0 Å². The third kappa shape index (κ3) is 4.33. The fourth-order valence-electron chi connectivity index (χ4n) is 3.51. The number of aryl methyl sites for hydroxylation is 1. The normalized spacial score (nSPS) is 13.1. The second kappa shape index (κ2) is 8.93. The predicted molar refractivity (Wildman–Crippen MR) is 117 cm³/mol. The molecule has 4 nitrogen and oxygen atoms in total. The number of ether oxygens (including phenoxy) is 2. The molecule has 0 saturated carbocycles. The van der Waals surface area contributed by atoms with Crippen molar-refractivity contribution in [2.75, 3.05) is 7.11 Å². The van der Waals surface area contributed by atoms with Crippen LogP contribution in [0.2, 0.25) is 0 Å². The summed E-state index contributed by atoms with van der Waals surface area (Å²) >= 11 is 1.65. The highest BCUT2D eigenvalue weighted by Gasteiger charge is 2.20. The molecule has 0 unspecified atom stereocenters. The van der Waals surface area contributed by atoms with Gasteiger partial charge in [0.1, 0.15) is 17.7 Å². The highest BCUT2D eigenvalue weighted by molar-refractivity contribution is 7.16. The van der Waals surface area contributed by atoms with Crippen molar-refractivity contribution in [3.63, 3.8) is 0 Å². The molecule has 146 valence electrons. The lowest BCUT2D eigenvalue weighted by atomic mass is 9.96. The molecule has 5 heteroatoms. The lowest BCUT2D eigenvalue weighted by Crippen LogP contribution is -1.99. The van der Waals surface area contributed by atoms with Gasteiger partial charge in [0.2, 0.25) is 0 Å². The van der Waals surface area contributed by atoms with E-state index in [1.54, 1.807) is 24.7 Å². The molecular formula is C24H22N2O2S. The summed E-state index contributed by atoms with van der Waals surface area (Å²) in [6.07, 6.45) is 6.20. The highest BCUT2D eigenvalue weighted by atomic mass is 32.1. The van der Waals surface area contributed by atoms with E-state index in [4.69, 9.17) is 9.47 Å². The zero-order valence-corrected chi connectivity index (χ0v) is 17.2. The van der Waals surface area contributed by atoms with Crippen LogP contribution in [0.5, 0.6) is 11.5 Å². The molecule has 0 amide bonds. The van der Waals surface area contributed by atoms with Crippen molar-refractivity contribution in [1.82, 2.24) is 0 Å². The molecule has 0 radical (unpaired) electrons. The Kier molecular flexibility index (Phi) is 5.92. The minimum absolute atomic E-state index is 0.483. The summed E-state index contributed by atoms with van der Waals surface area (Å²) in [5.74, 6) is 1.36. The van der Waals surface area contributed by atoms with Crippen LogP contribution in [0.1, 0.15) is 40.0 Å². The number of fused-ring (bicyclic) bond motifs is 1. The van der Waals surface area contributed by atoms with Crippen LogP contribution in [0.4, 0.5) is 5.00 Å². The number of aliphatic imine (C=N–C) groups is 1. The smallest absolute Gasteiger partial charge is 0.161 e. The van der Waals surface area contributed by atoms with E-state index in [0.717, 1.165) is 41.0 Å². The maximum absolute atomic E-state index is 9.58. The largest absolute Gasteiger partial charge is 0.493 e. The molecule has 1 aliphatic carbocycles. The van der Waals surface area contributed by atoms with Crippen molar-refractivity contribution in [1.29, 1.82) is 5.26 Å². The average Bonchev–Trinajstić information content (AvgIpc) is 3.14. The van der Waals surface area contributed by atoms with Crippen LogP contribution >= 0.6 is 11.3 Å². The van der Waals surface area contributed by atoms with Gasteiger partial charge >= 0.3 is 0 Å². The standard InChI is InChI=1S/C24H22N2O2S/c1-27-22-13-18(11-12-21(22)28-16-17-7-3-2-4-8-17)15-26-24-20(14-25)19-9-5-6-10-23(19)29-24/h2-4,7-8,11-13,15H,5-6,9-10,16H2,1H3/b26-15-. The van der Waals surface area contributed by atoms with E-state index >= 15 is 0 Å². The molecule has 29 heavy (non-hydrogen) atoms. The van der Waals surface area contributed by atoms with Gasteiger partial charge in [-0.3, -0.25) is 0 Å². The van der Waals surface area contributed by atoms with Gasteiger partial charge in [0.15, 0.2) is 11.5 Å². The van der Waals surface area contributed by atoms with Gasteiger partial charge in [-0.05, 0) is 60.6 Å². The van der Waals surface area contributed by atoms with Crippen molar-refractivity contribution < 1.29 is 9.47 Å². The van der Waals surface area contributed by atoms with E-state index in [1.807, 2.05) is 48.5 Å². The Hall–Kier alpha value is -3.10. The van der Waals surface area contributed by atoms with Gasteiger partial charge in [-0.2, -0.15) is 5.26 Å². The minimum Gasteiger partial charge on any atom is -0.493 e. The lowest BCUT2D eigenvalue weighted by Gasteiger charge is -2.11. The first kappa shape index (κ1) is 19.2. The number of rotatable bonds is 6. The lowest BCUT2D eigenvalue weighted by molar-refractivity contribution is 0.284. The maximum Gasteiger partial charge on any atom is 0.161 e. The van der Waals surface area contributed by atoms with Gasteiger partial charge < -0.3 is 9.47 Å². The molecule has 0 atom stereocenters. The molecule has 0 bridgehead atoms. The van der Waals surface area contributed by atoms with Crippen LogP contribution < -0.4 is 9.47 Å². The van der Waals surface area contributed by atoms with Crippen LogP contribution in [0.15, 0.2) is 53.5 Å². The predicted octanol–water partition coefficient (Wildman–Crippen LogP) is 5.84. The van der Waals surface area contributed by atoms with Crippen LogP contribution in [-0.4, -0.2) is 13.3 Å². The van der Waals surface area contributed by atoms with Crippen molar-refractivity contribution in [3.05, 3.63) is 75.7 Å². The first-order valence-corrected chi connectivity index (χ1v) is 10.5. The Bertz CT molecular complexity index is 1060. The van der Waals surface area contributed by atoms with Crippen molar-refractivity contribution >= 4 is 22.6 Å². The number of hydrogen-bond donors (Lipinski definition) is 0. The molecule has 0 aliphatic heterocycles. The Morgan fingerprint density at radius 3 is 2.72 bits per heavy atom. The van der Waals surface area contributed by atoms with Crippen LogP contribution in [-0.2, 0) is 19.4 Å². The Labute approximate surface area is 175 Å². The summed E-state index contributed by atoms with van der Waals surface area (Å²) < 4.78 is 11.4. The topological polar surface area (TPSA) is 54.6 Å². The second-order valence-electron chi connectivity index (χ2n) is 6.95. The number of methoxy groups -OCH3 is 1. The summed E-state index contributed by atoms with van der Waals surface area (Å²) in [7, 11) is 1.63. The van der Waals surface area contributed by atoms with Gasteiger partial charge in [-0.15, -0.1) is 11.3 Å². The van der Waals surface area contributed by atoms with E-state index in [-0.39, 0.29) is 0 Å². The zero-order valence-electron chi connectivity index (χ0n) is 16.4. The molecule has 3 aromatic rings. The fraction of sp³-hybridized carbons (Fsp3) is 0.250. The summed E-state index contributed by atoms with van der Waals surface area (Å²) in [5, 5.41) is 10.4. The number of nitriles is 1. The number of hydrogen-bond acceptors (Lipinski definition) is 5. The molecule has 2 aromatic carbocycles. The van der Waals surface area contributed by atoms with Crippen molar-refractivity contribution in [2.45, 2.75) is 32.3 Å². The van der Waals surface area contributed by atoms with Crippen LogP contribution in [0.3, 0.4) is 0 Å². The first-order chi connectivity index (χ1) is 14.3. The van der Waals surface area contributed by atoms with E-state index in [2.05, 4.69) is 11.1 Å². The van der Waals surface area contributed by atoms with Gasteiger partial charge in [0, 0.05) is 11.1 Å². The SMILES string of the molecule is COc1cc(/C=N\c2sc3c(c2C#N)CCCC3)ccc1OCc1ccccc1. The fourth-order valence-corrected chi connectivity index (χ4v) is 4.69. The van der Waals surface area contributed by atoms with E-state index in [0.29, 0.717) is 18.1 Å². The summed E-state index contributed by atoms with van der Waals surface area (Å²) in [6, 6.07) is 18.1. The van der Waals surface area contributed by atoms with E-state index in [1.165, 1.54) is 16.9 Å². The number of thiophene rings is 1. The monoisotopic (exact) mass is 402 g/mol. The molecule has 0 N–H and O–H groups in total. The van der Waals surface area contributed by atoms with Gasteiger partial charge in [-0.1, -0.05) is 30.3 Å². The average molecular weight is 403 g/mol. The Balaban J connectivity index is 1.52. The van der Waals surface area contributed by atoms with Crippen molar-refractivity contribution in [2.24, 2.45) is 4.99 Å². The summed E-state index contributed by atoms with van der Waals surface area (Å²) in [4.78, 5) is 5.95. The van der Waals surface area contributed by atoms with Crippen LogP contribution in [0, 0.1) is 11.3 Å². The second-order valence-corrected chi connectivity index (χ2v) is 8.03. The summed E-state index contributed by atoms with van der Waals surface area (Å²) in [6.45, 7) is 0.483. The Morgan fingerprint density at radius 2 is 1.93 bits per heavy atom. The van der Waals surface area contributed by atoms with Gasteiger partial charge in [0.25, 0.3) is 0 Å². The van der Waals surface area contributed by atoms with Gasteiger partial charge in [0.05, 0.1) is 12.7 Å². The third-order valence-corrected chi connectivity index (χ3v) is 6.22. The van der Waals surface area contributed by atoms with Crippen molar-refractivity contribution in [3.8, 4) is 17.6 Å². The van der Waals surface area contributed by atoms with Gasteiger partial charge in [-0.25, -0.2) is 4.99 Å².